The van der Waals surface area contributed by atoms with Crippen LogP contribution in [0.4, 0.5) is 0 Å². The number of nitrogens with one attached hydrogen (secondary N) is 1. The highest BCUT2D eigenvalue weighted by atomic mass is 16.3. The maximum absolute atomic E-state index is 9.06. The molecule has 1 heterocycles. The van der Waals surface area contributed by atoms with E-state index in [-0.39, 0.29) is 13.2 Å². The fourth-order valence-electron chi connectivity index (χ4n) is 0.882. The van der Waals surface area contributed by atoms with Crippen molar-refractivity contribution < 1.29 is 16.7 Å². The average molecular weight is 134 g/mol. The van der Waals surface area contributed by atoms with Crippen LogP contribution in [0.15, 0.2) is 0 Å². The van der Waals surface area contributed by atoms with Crippen LogP contribution in [0.25, 0.3) is 0 Å². The minimum atomic E-state index is -0.984. The average Bonchev–Trinajstić information content (AvgIpc) is 2.09. The summed E-state index contributed by atoms with van der Waals surface area (Å²) in [6.07, 6.45) is -1.88. The molecule has 0 aromatic heterocycles. The topological polar surface area (TPSA) is 72.7 Å². The van der Waals surface area contributed by atoms with Crippen LogP contribution >= 0.6 is 0 Å². The molecule has 4 heteroatoms. The van der Waals surface area contributed by atoms with E-state index in [4.69, 9.17) is 16.7 Å². The molecule has 0 amide bonds. The lowest BCUT2D eigenvalue weighted by atomic mass is 10.1. The summed E-state index contributed by atoms with van der Waals surface area (Å²) in [4.78, 5) is 0. The highest BCUT2D eigenvalue weighted by Gasteiger charge is 2.31. The molecule has 4 nitrogen and oxygen atoms in total. The molecule has 1 saturated heterocycles. The quantitative estimate of drug-likeness (QED) is 0.324. The van der Waals surface area contributed by atoms with E-state index in [1.54, 1.807) is 0 Å². The summed E-state index contributed by atoms with van der Waals surface area (Å²) in [5.41, 5.74) is 0. The van der Waals surface area contributed by atoms with Gasteiger partial charge in [-0.1, -0.05) is 0 Å². The van der Waals surface area contributed by atoms with E-state index in [0.717, 1.165) is 5.31 Å². The zero-order valence-electron chi connectivity index (χ0n) is 5.94. The van der Waals surface area contributed by atoms with Gasteiger partial charge in [0.2, 0.25) is 0 Å². The standard InChI is InChI=1S/C5H11NO3/c7-2-3-5(9)4(8)1-6-3/h3-9H,1-2H2/t3-,4-,5-/m1/s1/i/hD. The molecule has 4 N–H and O–H groups in total. The van der Waals surface area contributed by atoms with Crippen LogP contribution in [0, 0.1) is 0 Å². The third-order valence-electron chi connectivity index (χ3n) is 1.50. The third-order valence-corrected chi connectivity index (χ3v) is 1.50. The smallest absolute Gasteiger partial charge is 0.123 e. The molecule has 9 heavy (non-hydrogen) atoms. The van der Waals surface area contributed by atoms with Gasteiger partial charge in [0.05, 0.1) is 24.9 Å². The van der Waals surface area contributed by atoms with Crippen molar-refractivity contribution in [2.45, 2.75) is 18.2 Å². The normalized spacial score (nSPS) is 47.4. The van der Waals surface area contributed by atoms with Gasteiger partial charge in [-0.05, 0) is 0 Å². The van der Waals surface area contributed by atoms with Crippen molar-refractivity contribution in [3.63, 3.8) is 0 Å². The maximum atomic E-state index is 9.06. The van der Waals surface area contributed by atoms with Gasteiger partial charge in [-0.2, -0.15) is 0 Å². The van der Waals surface area contributed by atoms with Gasteiger partial charge in [-0.3, -0.25) is 0 Å². The van der Waals surface area contributed by atoms with Crippen molar-refractivity contribution in [1.29, 1.82) is 0 Å². The zero-order chi connectivity index (χ0) is 7.72. The molecule has 0 aromatic rings. The Hall–Kier alpha value is -0.160. The Morgan fingerprint density at radius 3 is 2.56 bits per heavy atom. The van der Waals surface area contributed by atoms with Crippen molar-refractivity contribution >= 4 is 0 Å². The Morgan fingerprint density at radius 2 is 2.33 bits per heavy atom. The van der Waals surface area contributed by atoms with Crippen LogP contribution in [-0.2, 0) is 0 Å². The summed E-state index contributed by atoms with van der Waals surface area (Å²) < 4.78 is 7.10. The summed E-state index contributed by atoms with van der Waals surface area (Å²) in [6.45, 7) is -0.186. The molecule has 3 atom stereocenters. The van der Waals surface area contributed by atoms with Gasteiger partial charge in [0.15, 0.2) is 0 Å². The van der Waals surface area contributed by atoms with Crippen molar-refractivity contribution in [1.82, 2.24) is 5.31 Å². The second-order valence-corrected chi connectivity index (χ2v) is 2.17. The number of aliphatic hydroxyl groups is 3. The fraction of sp³-hybridized carbons (Fsp3) is 1.00. The monoisotopic (exact) mass is 134 g/mol. The molecule has 1 aliphatic heterocycles. The molecule has 0 radical (unpaired) electrons. The van der Waals surface area contributed by atoms with Crippen LogP contribution in [0.5, 0.6) is 0 Å². The summed E-state index contributed by atoms with van der Waals surface area (Å²) in [7, 11) is 0. The van der Waals surface area contributed by atoms with Crippen LogP contribution in [0.1, 0.15) is 0 Å². The first kappa shape index (κ1) is 5.61. The molecule has 0 aliphatic carbocycles. The number of hydrogen-bond acceptors (Lipinski definition) is 4. The minimum Gasteiger partial charge on any atom is -0.395 e. The number of β-amino-alcohol motifs (C(OH)–C–C–N with tert-alkyl or cyclic N) is 1. The molecule has 0 spiro atoms. The van der Waals surface area contributed by atoms with E-state index in [1.807, 2.05) is 0 Å². The van der Waals surface area contributed by atoms with E-state index in [0.29, 0.717) is 0 Å². The van der Waals surface area contributed by atoms with Crippen LogP contribution in [-0.4, -0.2) is 46.7 Å². The Labute approximate surface area is 54.6 Å². The Morgan fingerprint density at radius 1 is 1.67 bits per heavy atom. The van der Waals surface area contributed by atoms with Crippen molar-refractivity contribution in [2.24, 2.45) is 0 Å². The lowest BCUT2D eigenvalue weighted by Crippen LogP contribution is -2.35. The van der Waals surface area contributed by atoms with Crippen LogP contribution in [0.3, 0.4) is 0 Å². The van der Waals surface area contributed by atoms with Crippen molar-refractivity contribution in [2.75, 3.05) is 13.2 Å². The predicted molar refractivity (Wildman–Crippen MR) is 30.9 cm³/mol. The van der Waals surface area contributed by atoms with E-state index >= 15 is 0 Å². The van der Waals surface area contributed by atoms with E-state index in [9.17, 15) is 0 Å². The van der Waals surface area contributed by atoms with Gasteiger partial charge >= 0.3 is 0 Å². The van der Waals surface area contributed by atoms with Gasteiger partial charge in [-0.15, -0.1) is 0 Å². The number of aliphatic hydroxyl groups excluding tert-OH is 3. The summed E-state index contributed by atoms with van der Waals surface area (Å²) >= 11 is 0. The molecule has 1 fully saturated rings. The Bertz CT molecular complexity index is 123. The van der Waals surface area contributed by atoms with Gasteiger partial charge < -0.3 is 20.6 Å². The van der Waals surface area contributed by atoms with Crippen molar-refractivity contribution in [3.05, 3.63) is 0 Å². The van der Waals surface area contributed by atoms with E-state index in [2.05, 4.69) is 0 Å². The van der Waals surface area contributed by atoms with Gasteiger partial charge in [-0.25, -0.2) is 0 Å². The van der Waals surface area contributed by atoms with Gasteiger partial charge in [0, 0.05) is 6.54 Å². The highest BCUT2D eigenvalue weighted by Crippen LogP contribution is 2.05. The second-order valence-electron chi connectivity index (χ2n) is 2.17. The second kappa shape index (κ2) is 2.62. The molecular formula is C5H11NO3. The number of rotatable bonds is 1. The summed E-state index contributed by atoms with van der Waals surface area (Å²) in [6, 6.07) is -0.630. The number of hydrogen-bond donors (Lipinski definition) is 4. The van der Waals surface area contributed by atoms with Gasteiger partial charge in [0.1, 0.15) is 1.41 Å². The largest absolute Gasteiger partial charge is 0.395 e. The fourth-order valence-corrected chi connectivity index (χ4v) is 0.882. The predicted octanol–water partition coefficient (Wildman–Crippen LogP) is -2.33. The lowest BCUT2D eigenvalue weighted by Gasteiger charge is -2.11. The minimum absolute atomic E-state index is 0.104. The first-order chi connectivity index (χ1) is 4.66. The third kappa shape index (κ3) is 1.21. The Kier molecular flexibility index (Phi) is 1.63. The maximum Gasteiger partial charge on any atom is 0.123 e. The Balaban J connectivity index is 2.55. The molecule has 0 bridgehead atoms. The molecule has 1 rings (SSSR count). The van der Waals surface area contributed by atoms with Crippen LogP contribution in [0.2, 0.25) is 1.41 Å². The van der Waals surface area contributed by atoms with Crippen molar-refractivity contribution in [3.8, 4) is 0 Å². The summed E-state index contributed by atoms with van der Waals surface area (Å²) in [5, 5.41) is 27.6. The summed E-state index contributed by atoms with van der Waals surface area (Å²) in [5.74, 6) is 0. The molecule has 54 valence electrons. The molecule has 1 aliphatic rings. The first-order valence-corrected chi connectivity index (χ1v) is 2.89. The molecular weight excluding hydrogens is 122 g/mol. The zero-order valence-corrected chi connectivity index (χ0v) is 4.94. The molecule has 0 unspecified atom stereocenters. The van der Waals surface area contributed by atoms with Gasteiger partial charge in [0.25, 0.3) is 0 Å². The van der Waals surface area contributed by atoms with E-state index < -0.39 is 18.2 Å². The molecule has 0 saturated carbocycles. The van der Waals surface area contributed by atoms with Crippen LogP contribution < -0.4 is 5.31 Å². The first-order valence-electron chi connectivity index (χ1n) is 3.34. The molecule has 0 aromatic carbocycles. The highest BCUT2D eigenvalue weighted by molar-refractivity contribution is 4.89. The SMILES string of the molecule is [2H]N1C[C@@H](O)[C@H](O)[C@H]1CO. The van der Waals surface area contributed by atoms with E-state index in [1.165, 1.54) is 0 Å². The lowest BCUT2D eigenvalue weighted by molar-refractivity contribution is 0.0295.